The molecular formula is C13H19ClN2O3. The fourth-order valence-corrected chi connectivity index (χ4v) is 1.92. The Labute approximate surface area is 118 Å². The van der Waals surface area contributed by atoms with Crippen LogP contribution in [0.3, 0.4) is 0 Å². The number of ether oxygens (including phenoxy) is 1. The summed E-state index contributed by atoms with van der Waals surface area (Å²) in [7, 11) is 1.69. The lowest BCUT2D eigenvalue weighted by Crippen LogP contribution is -2.15. The average Bonchev–Trinajstić information content (AvgIpc) is 2.39. The van der Waals surface area contributed by atoms with Crippen molar-refractivity contribution in [2.24, 2.45) is 0 Å². The predicted molar refractivity (Wildman–Crippen MR) is 75.5 cm³/mol. The Morgan fingerprint density at radius 2 is 2.16 bits per heavy atom. The van der Waals surface area contributed by atoms with E-state index in [2.05, 4.69) is 5.32 Å². The third-order valence-corrected chi connectivity index (χ3v) is 3.00. The van der Waals surface area contributed by atoms with Crippen molar-refractivity contribution >= 4 is 17.3 Å². The second kappa shape index (κ2) is 8.85. The second-order valence-electron chi connectivity index (χ2n) is 4.26. The molecule has 0 fully saturated rings. The summed E-state index contributed by atoms with van der Waals surface area (Å²) < 4.78 is 4.96. The highest BCUT2D eigenvalue weighted by Crippen LogP contribution is 2.22. The van der Waals surface area contributed by atoms with Gasteiger partial charge in [-0.05, 0) is 37.9 Å². The molecular weight excluding hydrogens is 268 g/mol. The number of nitrogens with zero attached hydrogens (tertiary/aromatic N) is 1. The van der Waals surface area contributed by atoms with E-state index in [9.17, 15) is 10.1 Å². The fraction of sp³-hybridized carbons (Fsp3) is 0.538. The molecule has 1 aromatic carbocycles. The van der Waals surface area contributed by atoms with E-state index in [0.29, 0.717) is 17.1 Å². The minimum absolute atomic E-state index is 0.0689. The molecule has 106 valence electrons. The Kier molecular flexibility index (Phi) is 7.40. The van der Waals surface area contributed by atoms with Crippen LogP contribution in [0, 0.1) is 10.1 Å². The van der Waals surface area contributed by atoms with Crippen LogP contribution >= 0.6 is 11.6 Å². The lowest BCUT2D eigenvalue weighted by Gasteiger charge is -2.06. The molecule has 0 aliphatic heterocycles. The highest BCUT2D eigenvalue weighted by atomic mass is 35.5. The van der Waals surface area contributed by atoms with Crippen LogP contribution in [0.15, 0.2) is 18.2 Å². The maximum atomic E-state index is 10.9. The summed E-state index contributed by atoms with van der Waals surface area (Å²) in [5.74, 6) is 0. The standard InChI is InChI=1S/C13H19ClN2O3/c1-19-8-4-2-3-7-15-10-11-5-6-12(14)9-13(11)16(17)18/h5-6,9,15H,2-4,7-8,10H2,1H3. The second-order valence-corrected chi connectivity index (χ2v) is 4.70. The van der Waals surface area contributed by atoms with Crippen molar-refractivity contribution in [3.63, 3.8) is 0 Å². The number of benzene rings is 1. The number of halogens is 1. The van der Waals surface area contributed by atoms with Crippen molar-refractivity contribution in [1.82, 2.24) is 5.32 Å². The molecule has 0 aliphatic rings. The lowest BCUT2D eigenvalue weighted by molar-refractivity contribution is -0.385. The van der Waals surface area contributed by atoms with Crippen LogP contribution in [-0.4, -0.2) is 25.2 Å². The SMILES string of the molecule is COCCCCCNCc1ccc(Cl)cc1[N+](=O)[O-]. The summed E-state index contributed by atoms with van der Waals surface area (Å²) in [6, 6.07) is 4.75. The van der Waals surface area contributed by atoms with Gasteiger partial charge in [-0.15, -0.1) is 0 Å². The van der Waals surface area contributed by atoms with Crippen molar-refractivity contribution < 1.29 is 9.66 Å². The van der Waals surface area contributed by atoms with Gasteiger partial charge in [-0.2, -0.15) is 0 Å². The van der Waals surface area contributed by atoms with Crippen LogP contribution < -0.4 is 5.32 Å². The number of methoxy groups -OCH3 is 1. The molecule has 0 amide bonds. The molecule has 5 nitrogen and oxygen atoms in total. The van der Waals surface area contributed by atoms with E-state index >= 15 is 0 Å². The molecule has 0 radical (unpaired) electrons. The number of hydrogen-bond acceptors (Lipinski definition) is 4. The minimum Gasteiger partial charge on any atom is -0.385 e. The number of rotatable bonds is 9. The van der Waals surface area contributed by atoms with Gasteiger partial charge < -0.3 is 10.1 Å². The molecule has 0 atom stereocenters. The molecule has 1 rings (SSSR count). The number of nitro groups is 1. The van der Waals surface area contributed by atoms with Crippen molar-refractivity contribution in [3.8, 4) is 0 Å². The normalized spacial score (nSPS) is 10.6. The number of unbranched alkanes of at least 4 members (excludes halogenated alkanes) is 2. The van der Waals surface area contributed by atoms with E-state index in [-0.39, 0.29) is 5.69 Å². The van der Waals surface area contributed by atoms with Crippen LogP contribution in [0.2, 0.25) is 5.02 Å². The molecule has 0 bridgehead atoms. The molecule has 0 saturated carbocycles. The van der Waals surface area contributed by atoms with Crippen LogP contribution in [0.1, 0.15) is 24.8 Å². The molecule has 1 N–H and O–H groups in total. The van der Waals surface area contributed by atoms with Gasteiger partial charge in [-0.1, -0.05) is 11.6 Å². The van der Waals surface area contributed by atoms with Gasteiger partial charge in [0, 0.05) is 36.9 Å². The Morgan fingerprint density at radius 1 is 1.37 bits per heavy atom. The zero-order valence-corrected chi connectivity index (χ0v) is 11.8. The first kappa shape index (κ1) is 15.9. The largest absolute Gasteiger partial charge is 0.385 e. The summed E-state index contributed by atoms with van der Waals surface area (Å²) in [5.41, 5.74) is 0.727. The molecule has 0 unspecified atom stereocenters. The number of nitro benzene ring substituents is 1. The Balaban J connectivity index is 2.35. The summed E-state index contributed by atoms with van der Waals surface area (Å²) in [6.07, 6.45) is 3.16. The van der Waals surface area contributed by atoms with Gasteiger partial charge in [0.25, 0.3) is 5.69 Å². The first-order valence-electron chi connectivity index (χ1n) is 6.27. The number of nitrogens with one attached hydrogen (secondary N) is 1. The van der Waals surface area contributed by atoms with Crippen molar-refractivity contribution in [3.05, 3.63) is 38.9 Å². The maximum Gasteiger partial charge on any atom is 0.275 e. The Morgan fingerprint density at radius 3 is 2.84 bits per heavy atom. The maximum absolute atomic E-state index is 10.9. The molecule has 0 aromatic heterocycles. The first-order chi connectivity index (χ1) is 9.15. The number of hydrogen-bond donors (Lipinski definition) is 1. The average molecular weight is 287 g/mol. The summed E-state index contributed by atoms with van der Waals surface area (Å²) >= 11 is 5.76. The van der Waals surface area contributed by atoms with Gasteiger partial charge in [0.05, 0.1) is 4.92 Å². The highest BCUT2D eigenvalue weighted by Gasteiger charge is 2.13. The minimum atomic E-state index is -0.401. The zero-order valence-electron chi connectivity index (χ0n) is 11.0. The fourth-order valence-electron chi connectivity index (χ4n) is 1.75. The quantitative estimate of drug-likeness (QED) is 0.430. The van der Waals surface area contributed by atoms with Gasteiger partial charge in [0.1, 0.15) is 0 Å². The lowest BCUT2D eigenvalue weighted by atomic mass is 10.1. The molecule has 0 heterocycles. The van der Waals surface area contributed by atoms with Crippen LogP contribution in [0.5, 0.6) is 0 Å². The molecule has 6 heteroatoms. The van der Waals surface area contributed by atoms with Gasteiger partial charge >= 0.3 is 0 Å². The van der Waals surface area contributed by atoms with E-state index < -0.39 is 4.92 Å². The summed E-state index contributed by atoms with van der Waals surface area (Å²) in [4.78, 5) is 10.5. The molecule has 0 aliphatic carbocycles. The predicted octanol–water partition coefficient (Wildman–Crippen LogP) is 3.15. The third-order valence-electron chi connectivity index (χ3n) is 2.76. The third kappa shape index (κ3) is 6.00. The van der Waals surface area contributed by atoms with Gasteiger partial charge in [0.2, 0.25) is 0 Å². The molecule has 0 saturated heterocycles. The molecule has 1 aromatic rings. The monoisotopic (exact) mass is 286 g/mol. The zero-order chi connectivity index (χ0) is 14.1. The Bertz CT molecular complexity index is 413. The smallest absolute Gasteiger partial charge is 0.275 e. The van der Waals surface area contributed by atoms with Gasteiger partial charge in [0.15, 0.2) is 0 Å². The summed E-state index contributed by atoms with van der Waals surface area (Å²) in [6.45, 7) is 2.10. The Hall–Kier alpha value is -1.17. The summed E-state index contributed by atoms with van der Waals surface area (Å²) in [5, 5.41) is 14.5. The van der Waals surface area contributed by atoms with Crippen molar-refractivity contribution in [2.75, 3.05) is 20.3 Å². The van der Waals surface area contributed by atoms with Crippen LogP contribution in [0.25, 0.3) is 0 Å². The van der Waals surface area contributed by atoms with Gasteiger partial charge in [-0.25, -0.2) is 0 Å². The molecule has 0 spiro atoms. The van der Waals surface area contributed by atoms with E-state index in [1.807, 2.05) is 0 Å². The van der Waals surface area contributed by atoms with E-state index in [1.165, 1.54) is 6.07 Å². The van der Waals surface area contributed by atoms with Crippen molar-refractivity contribution in [2.45, 2.75) is 25.8 Å². The van der Waals surface area contributed by atoms with Crippen LogP contribution in [0.4, 0.5) is 5.69 Å². The molecule has 19 heavy (non-hydrogen) atoms. The first-order valence-corrected chi connectivity index (χ1v) is 6.65. The van der Waals surface area contributed by atoms with E-state index in [1.54, 1.807) is 19.2 Å². The van der Waals surface area contributed by atoms with Gasteiger partial charge in [-0.3, -0.25) is 10.1 Å². The van der Waals surface area contributed by atoms with Crippen molar-refractivity contribution in [1.29, 1.82) is 0 Å². The van der Waals surface area contributed by atoms with E-state index in [4.69, 9.17) is 16.3 Å². The van der Waals surface area contributed by atoms with E-state index in [0.717, 1.165) is 32.4 Å². The highest BCUT2D eigenvalue weighted by molar-refractivity contribution is 6.30. The topological polar surface area (TPSA) is 64.4 Å². The van der Waals surface area contributed by atoms with Crippen LogP contribution in [-0.2, 0) is 11.3 Å².